The molecule has 1 aromatic carbocycles. The standard InChI is InChI=1S/C16H25ClO2/c1-3-4-5-6-7-8-11-19-16-10-9-14(13(2)18)12-15(16)17/h9-10,12-13,18H,3-8,11H2,1-2H3/t13-/m0/s1. The van der Waals surface area contributed by atoms with Crippen LogP contribution in [0.15, 0.2) is 18.2 Å². The Bertz CT molecular complexity index is 364. The highest BCUT2D eigenvalue weighted by Crippen LogP contribution is 2.28. The first kappa shape index (κ1) is 16.3. The molecule has 0 aromatic heterocycles. The van der Waals surface area contributed by atoms with Gasteiger partial charge in [0.05, 0.1) is 17.7 Å². The van der Waals surface area contributed by atoms with Crippen molar-refractivity contribution < 1.29 is 9.84 Å². The second kappa shape index (κ2) is 9.22. The monoisotopic (exact) mass is 284 g/mol. The Kier molecular flexibility index (Phi) is 7.92. The van der Waals surface area contributed by atoms with Crippen LogP contribution in [0.1, 0.15) is 64.0 Å². The lowest BCUT2D eigenvalue weighted by atomic mass is 10.1. The third-order valence-corrected chi connectivity index (χ3v) is 3.49. The molecular weight excluding hydrogens is 260 g/mol. The molecule has 108 valence electrons. The van der Waals surface area contributed by atoms with Gasteiger partial charge in [0.1, 0.15) is 5.75 Å². The number of hydrogen-bond acceptors (Lipinski definition) is 2. The quantitative estimate of drug-likeness (QED) is 0.637. The van der Waals surface area contributed by atoms with Gasteiger partial charge in [-0.2, -0.15) is 0 Å². The van der Waals surface area contributed by atoms with E-state index < -0.39 is 6.10 Å². The first-order chi connectivity index (χ1) is 9.15. The summed E-state index contributed by atoms with van der Waals surface area (Å²) >= 11 is 6.12. The number of unbranched alkanes of at least 4 members (excludes halogenated alkanes) is 5. The van der Waals surface area contributed by atoms with E-state index in [9.17, 15) is 5.11 Å². The molecule has 1 aromatic rings. The van der Waals surface area contributed by atoms with Crippen molar-refractivity contribution in [3.8, 4) is 5.75 Å². The number of hydrogen-bond donors (Lipinski definition) is 1. The minimum Gasteiger partial charge on any atom is -0.492 e. The summed E-state index contributed by atoms with van der Waals surface area (Å²) in [6.07, 6.45) is 6.99. The fraction of sp³-hybridized carbons (Fsp3) is 0.625. The van der Waals surface area contributed by atoms with E-state index in [0.29, 0.717) is 17.4 Å². The van der Waals surface area contributed by atoms with E-state index in [4.69, 9.17) is 16.3 Å². The molecule has 0 spiro atoms. The molecule has 0 aliphatic rings. The summed E-state index contributed by atoms with van der Waals surface area (Å²) in [7, 11) is 0. The molecule has 0 aliphatic heterocycles. The van der Waals surface area contributed by atoms with E-state index in [1.54, 1.807) is 13.0 Å². The highest BCUT2D eigenvalue weighted by molar-refractivity contribution is 6.32. The molecule has 0 amide bonds. The van der Waals surface area contributed by atoms with Crippen molar-refractivity contribution in [1.29, 1.82) is 0 Å². The molecule has 1 atom stereocenters. The minimum absolute atomic E-state index is 0.495. The lowest BCUT2D eigenvalue weighted by Gasteiger charge is -2.10. The van der Waals surface area contributed by atoms with E-state index >= 15 is 0 Å². The Morgan fingerprint density at radius 3 is 2.47 bits per heavy atom. The van der Waals surface area contributed by atoms with Crippen molar-refractivity contribution in [2.45, 2.75) is 58.5 Å². The maximum atomic E-state index is 9.46. The van der Waals surface area contributed by atoms with Gasteiger partial charge in [0.2, 0.25) is 0 Å². The Morgan fingerprint density at radius 2 is 1.84 bits per heavy atom. The van der Waals surface area contributed by atoms with Gasteiger partial charge in [-0.3, -0.25) is 0 Å². The van der Waals surface area contributed by atoms with Gasteiger partial charge >= 0.3 is 0 Å². The number of halogens is 1. The van der Waals surface area contributed by atoms with Crippen molar-refractivity contribution in [3.63, 3.8) is 0 Å². The van der Waals surface area contributed by atoms with Crippen LogP contribution in [0.3, 0.4) is 0 Å². The van der Waals surface area contributed by atoms with Crippen molar-refractivity contribution in [3.05, 3.63) is 28.8 Å². The maximum absolute atomic E-state index is 9.46. The van der Waals surface area contributed by atoms with Crippen LogP contribution in [0.25, 0.3) is 0 Å². The normalized spacial score (nSPS) is 12.4. The third-order valence-electron chi connectivity index (χ3n) is 3.19. The van der Waals surface area contributed by atoms with Gasteiger partial charge in [-0.05, 0) is 31.0 Å². The van der Waals surface area contributed by atoms with Gasteiger partial charge in [0, 0.05) is 0 Å². The predicted molar refractivity (Wildman–Crippen MR) is 81.0 cm³/mol. The molecule has 0 saturated heterocycles. The fourth-order valence-corrected chi connectivity index (χ4v) is 2.20. The number of ether oxygens (including phenoxy) is 1. The average molecular weight is 285 g/mol. The van der Waals surface area contributed by atoms with Crippen LogP contribution in [-0.4, -0.2) is 11.7 Å². The molecule has 2 nitrogen and oxygen atoms in total. The molecule has 0 fully saturated rings. The Hall–Kier alpha value is -0.730. The van der Waals surface area contributed by atoms with Crippen LogP contribution >= 0.6 is 11.6 Å². The highest BCUT2D eigenvalue weighted by Gasteiger charge is 2.06. The zero-order valence-corrected chi connectivity index (χ0v) is 12.7. The largest absolute Gasteiger partial charge is 0.492 e. The number of aliphatic hydroxyl groups is 1. The first-order valence-electron chi connectivity index (χ1n) is 7.25. The zero-order chi connectivity index (χ0) is 14.1. The first-order valence-corrected chi connectivity index (χ1v) is 7.63. The minimum atomic E-state index is -0.495. The summed E-state index contributed by atoms with van der Waals surface area (Å²) in [4.78, 5) is 0. The van der Waals surface area contributed by atoms with Crippen molar-refractivity contribution in [1.82, 2.24) is 0 Å². The van der Waals surface area contributed by atoms with Gasteiger partial charge in [-0.25, -0.2) is 0 Å². The van der Waals surface area contributed by atoms with Crippen LogP contribution in [-0.2, 0) is 0 Å². The van der Waals surface area contributed by atoms with Gasteiger partial charge in [0.15, 0.2) is 0 Å². The summed E-state index contributed by atoms with van der Waals surface area (Å²) in [5.74, 6) is 0.708. The smallest absolute Gasteiger partial charge is 0.137 e. The Morgan fingerprint density at radius 1 is 1.16 bits per heavy atom. The SMILES string of the molecule is CCCCCCCCOc1ccc([C@H](C)O)cc1Cl. The molecule has 0 bridgehead atoms. The number of aliphatic hydroxyl groups excluding tert-OH is 1. The fourth-order valence-electron chi connectivity index (χ4n) is 1.96. The van der Waals surface area contributed by atoms with Crippen molar-refractivity contribution >= 4 is 11.6 Å². The summed E-state index contributed by atoms with van der Waals surface area (Å²) in [6.45, 7) is 4.66. The highest BCUT2D eigenvalue weighted by atomic mass is 35.5. The Labute approximate surface area is 121 Å². The van der Waals surface area contributed by atoms with E-state index in [2.05, 4.69) is 6.92 Å². The third kappa shape index (κ3) is 6.31. The van der Waals surface area contributed by atoms with E-state index in [1.807, 2.05) is 12.1 Å². The number of rotatable bonds is 9. The van der Waals surface area contributed by atoms with Gasteiger partial charge in [-0.1, -0.05) is 56.7 Å². The molecule has 0 heterocycles. The molecule has 0 saturated carbocycles. The average Bonchev–Trinajstić information content (AvgIpc) is 2.39. The molecule has 3 heteroatoms. The van der Waals surface area contributed by atoms with E-state index in [0.717, 1.165) is 12.0 Å². The topological polar surface area (TPSA) is 29.5 Å². The summed E-state index contributed by atoms with van der Waals surface area (Å²) in [6, 6.07) is 5.46. The second-order valence-electron chi connectivity index (χ2n) is 4.98. The molecule has 1 N–H and O–H groups in total. The Balaban J connectivity index is 2.26. The molecule has 1 rings (SSSR count). The van der Waals surface area contributed by atoms with Gasteiger partial charge in [-0.15, -0.1) is 0 Å². The molecular formula is C16H25ClO2. The van der Waals surface area contributed by atoms with Crippen molar-refractivity contribution in [2.75, 3.05) is 6.61 Å². The predicted octanol–water partition coefficient (Wildman–Crippen LogP) is 5.13. The van der Waals surface area contributed by atoms with Crippen LogP contribution < -0.4 is 4.74 Å². The number of benzene rings is 1. The van der Waals surface area contributed by atoms with Crippen LogP contribution in [0, 0.1) is 0 Å². The maximum Gasteiger partial charge on any atom is 0.137 e. The zero-order valence-electron chi connectivity index (χ0n) is 12.0. The van der Waals surface area contributed by atoms with Gasteiger partial charge < -0.3 is 9.84 Å². The second-order valence-corrected chi connectivity index (χ2v) is 5.39. The van der Waals surface area contributed by atoms with Gasteiger partial charge in [0.25, 0.3) is 0 Å². The van der Waals surface area contributed by atoms with Crippen LogP contribution in [0.5, 0.6) is 5.75 Å². The van der Waals surface area contributed by atoms with E-state index in [1.165, 1.54) is 32.1 Å². The van der Waals surface area contributed by atoms with E-state index in [-0.39, 0.29) is 0 Å². The lowest BCUT2D eigenvalue weighted by Crippen LogP contribution is -1.99. The summed E-state index contributed by atoms with van der Waals surface area (Å²) < 4.78 is 5.66. The lowest BCUT2D eigenvalue weighted by molar-refractivity contribution is 0.199. The van der Waals surface area contributed by atoms with Crippen LogP contribution in [0.4, 0.5) is 0 Å². The van der Waals surface area contributed by atoms with Crippen LogP contribution in [0.2, 0.25) is 5.02 Å². The summed E-state index contributed by atoms with van der Waals surface area (Å²) in [5.41, 5.74) is 0.817. The molecule has 19 heavy (non-hydrogen) atoms. The molecule has 0 aliphatic carbocycles. The van der Waals surface area contributed by atoms with Crippen molar-refractivity contribution in [2.24, 2.45) is 0 Å². The molecule has 0 unspecified atom stereocenters. The molecule has 0 radical (unpaired) electrons. The summed E-state index contributed by atoms with van der Waals surface area (Å²) in [5, 5.41) is 10.0.